The molecule has 180 valence electrons. The Labute approximate surface area is 201 Å². The molecule has 1 heterocycles. The van der Waals surface area contributed by atoms with Crippen molar-refractivity contribution < 1.29 is 22.0 Å². The number of nitrogens with one attached hydrogen (secondary N) is 2. The molecule has 0 aliphatic carbocycles. The molecule has 0 atom stereocenters. The van der Waals surface area contributed by atoms with Gasteiger partial charge in [-0.15, -0.1) is 0 Å². The lowest BCUT2D eigenvalue weighted by atomic mass is 10.2. The van der Waals surface area contributed by atoms with Crippen molar-refractivity contribution >= 4 is 15.9 Å². The largest absolute Gasteiger partial charge is 0.348 e. The van der Waals surface area contributed by atoms with Crippen LogP contribution in [0.2, 0.25) is 0 Å². The second kappa shape index (κ2) is 10.2. The van der Waals surface area contributed by atoms with E-state index in [0.29, 0.717) is 16.8 Å². The van der Waals surface area contributed by atoms with Crippen LogP contribution < -0.4 is 10.0 Å². The first-order chi connectivity index (χ1) is 16.7. The number of aromatic nitrogens is 2. The van der Waals surface area contributed by atoms with Crippen molar-refractivity contribution in [3.05, 3.63) is 113 Å². The number of rotatable bonds is 8. The van der Waals surface area contributed by atoms with E-state index in [-0.39, 0.29) is 29.2 Å². The molecule has 10 heteroatoms. The Bertz CT molecular complexity index is 1490. The molecule has 1 amide bonds. The molecule has 0 bridgehead atoms. The van der Waals surface area contributed by atoms with Crippen molar-refractivity contribution in [2.45, 2.75) is 24.9 Å². The third-order valence-electron chi connectivity index (χ3n) is 5.35. The normalized spacial score (nSPS) is 11.4. The van der Waals surface area contributed by atoms with Crippen molar-refractivity contribution in [2.75, 3.05) is 0 Å². The van der Waals surface area contributed by atoms with Gasteiger partial charge in [0.1, 0.15) is 17.3 Å². The fourth-order valence-corrected chi connectivity index (χ4v) is 4.60. The molecular formula is C25H22F2N4O3S. The predicted molar refractivity (Wildman–Crippen MR) is 126 cm³/mol. The number of carbonyl (C=O) groups is 1. The van der Waals surface area contributed by atoms with E-state index >= 15 is 0 Å². The highest BCUT2D eigenvalue weighted by molar-refractivity contribution is 7.89. The van der Waals surface area contributed by atoms with E-state index in [0.717, 1.165) is 0 Å². The van der Waals surface area contributed by atoms with Gasteiger partial charge in [0.15, 0.2) is 0 Å². The molecule has 0 aliphatic heterocycles. The van der Waals surface area contributed by atoms with Crippen molar-refractivity contribution in [3.63, 3.8) is 0 Å². The topological polar surface area (TPSA) is 93.1 Å². The van der Waals surface area contributed by atoms with E-state index in [1.54, 1.807) is 43.3 Å². The summed E-state index contributed by atoms with van der Waals surface area (Å²) in [6.07, 6.45) is 1.36. The van der Waals surface area contributed by atoms with Gasteiger partial charge in [-0.1, -0.05) is 36.4 Å². The molecule has 4 aromatic rings. The van der Waals surface area contributed by atoms with Crippen molar-refractivity contribution in [3.8, 4) is 5.69 Å². The van der Waals surface area contributed by atoms with Crippen LogP contribution in [0.4, 0.5) is 8.78 Å². The maximum absolute atomic E-state index is 14.1. The van der Waals surface area contributed by atoms with Gasteiger partial charge in [0, 0.05) is 13.1 Å². The summed E-state index contributed by atoms with van der Waals surface area (Å²) >= 11 is 0. The van der Waals surface area contributed by atoms with Crippen molar-refractivity contribution in [2.24, 2.45) is 0 Å². The zero-order valence-electron chi connectivity index (χ0n) is 18.7. The number of halogens is 2. The smallest absolute Gasteiger partial charge is 0.255 e. The zero-order valence-corrected chi connectivity index (χ0v) is 19.5. The van der Waals surface area contributed by atoms with Gasteiger partial charge in [0.25, 0.3) is 5.91 Å². The highest BCUT2D eigenvalue weighted by Gasteiger charge is 2.18. The second-order valence-corrected chi connectivity index (χ2v) is 9.56. The summed E-state index contributed by atoms with van der Waals surface area (Å²) in [6.45, 7) is 1.66. The van der Waals surface area contributed by atoms with Crippen LogP contribution in [0.3, 0.4) is 0 Å². The fraction of sp³-hybridized carbons (Fsp3) is 0.120. The summed E-state index contributed by atoms with van der Waals surface area (Å²) in [5.41, 5.74) is 2.02. The molecule has 0 spiro atoms. The van der Waals surface area contributed by atoms with Crippen LogP contribution in [0.1, 0.15) is 27.2 Å². The number of hydrogen-bond acceptors (Lipinski definition) is 4. The van der Waals surface area contributed by atoms with Crippen LogP contribution in [-0.4, -0.2) is 24.1 Å². The highest BCUT2D eigenvalue weighted by atomic mass is 32.2. The number of hydrogen-bond donors (Lipinski definition) is 2. The van der Waals surface area contributed by atoms with Gasteiger partial charge in [0.2, 0.25) is 10.0 Å². The van der Waals surface area contributed by atoms with Gasteiger partial charge in [-0.3, -0.25) is 4.79 Å². The lowest BCUT2D eigenvalue weighted by Crippen LogP contribution is -2.25. The Morgan fingerprint density at radius 1 is 0.943 bits per heavy atom. The summed E-state index contributed by atoms with van der Waals surface area (Å²) in [6, 6.07) is 17.9. The molecule has 0 saturated carbocycles. The molecule has 0 aliphatic rings. The minimum Gasteiger partial charge on any atom is -0.348 e. The van der Waals surface area contributed by atoms with Gasteiger partial charge < -0.3 is 5.32 Å². The summed E-state index contributed by atoms with van der Waals surface area (Å²) in [7, 11) is -3.86. The first-order valence-electron chi connectivity index (χ1n) is 10.7. The average Bonchev–Trinajstić information content (AvgIpc) is 3.23. The van der Waals surface area contributed by atoms with Gasteiger partial charge in [0.05, 0.1) is 22.3 Å². The number of carbonyl (C=O) groups excluding carboxylic acids is 1. The molecule has 0 radical (unpaired) electrons. The minimum absolute atomic E-state index is 0.0178. The zero-order chi connectivity index (χ0) is 25.0. The Morgan fingerprint density at radius 3 is 2.40 bits per heavy atom. The van der Waals surface area contributed by atoms with Crippen LogP contribution in [0.25, 0.3) is 5.69 Å². The molecule has 3 aromatic carbocycles. The van der Waals surface area contributed by atoms with Crippen LogP contribution in [-0.2, 0) is 23.1 Å². The van der Waals surface area contributed by atoms with E-state index in [1.807, 2.05) is 0 Å². The third-order valence-corrected chi connectivity index (χ3v) is 6.75. The van der Waals surface area contributed by atoms with Crippen LogP contribution in [0, 0.1) is 18.6 Å². The first-order valence-corrected chi connectivity index (χ1v) is 12.1. The second-order valence-electron chi connectivity index (χ2n) is 7.79. The van der Waals surface area contributed by atoms with Crippen molar-refractivity contribution in [1.29, 1.82) is 0 Å². The maximum atomic E-state index is 14.1. The Hall–Kier alpha value is -3.89. The molecule has 4 rings (SSSR count). The van der Waals surface area contributed by atoms with E-state index in [1.165, 1.54) is 47.3 Å². The summed E-state index contributed by atoms with van der Waals surface area (Å²) in [4.78, 5) is 12.7. The van der Waals surface area contributed by atoms with Crippen molar-refractivity contribution in [1.82, 2.24) is 19.8 Å². The number of nitrogens with zero attached hydrogens (tertiary/aromatic N) is 2. The van der Waals surface area contributed by atoms with E-state index < -0.39 is 27.6 Å². The first kappa shape index (κ1) is 24.2. The summed E-state index contributed by atoms with van der Waals surface area (Å²) in [5.74, 6) is -1.34. The molecule has 0 fully saturated rings. The van der Waals surface area contributed by atoms with Crippen LogP contribution >= 0.6 is 0 Å². The fourth-order valence-electron chi connectivity index (χ4n) is 3.51. The standard InChI is InChI=1S/C25H22F2N4O3S/c1-17-22(16-29-31(17)24-11-3-2-10-23(24)27)25(32)28-14-19-7-5-9-21(13-19)35(33,34)30-15-18-6-4-8-20(26)12-18/h2-13,16,30H,14-15H2,1H3,(H,28,32). The number of sulfonamides is 1. The molecule has 1 aromatic heterocycles. The van der Waals surface area contributed by atoms with Gasteiger partial charge >= 0.3 is 0 Å². The quantitative estimate of drug-likeness (QED) is 0.387. The lowest BCUT2D eigenvalue weighted by molar-refractivity contribution is 0.0950. The molecule has 0 unspecified atom stereocenters. The third kappa shape index (κ3) is 5.61. The Kier molecular flexibility index (Phi) is 7.04. The molecule has 7 nitrogen and oxygen atoms in total. The number of benzene rings is 3. The van der Waals surface area contributed by atoms with Gasteiger partial charge in [-0.05, 0) is 54.4 Å². The van der Waals surface area contributed by atoms with E-state index in [4.69, 9.17) is 0 Å². The SMILES string of the molecule is Cc1c(C(=O)NCc2cccc(S(=O)(=O)NCc3cccc(F)c3)c2)cnn1-c1ccccc1F. The van der Waals surface area contributed by atoms with E-state index in [2.05, 4.69) is 15.1 Å². The molecular weight excluding hydrogens is 474 g/mol. The number of amides is 1. The van der Waals surface area contributed by atoms with E-state index in [9.17, 15) is 22.0 Å². The Morgan fingerprint density at radius 2 is 1.66 bits per heavy atom. The van der Waals surface area contributed by atoms with Crippen LogP contribution in [0.5, 0.6) is 0 Å². The minimum atomic E-state index is -3.86. The lowest BCUT2D eigenvalue weighted by Gasteiger charge is -2.10. The van der Waals surface area contributed by atoms with Crippen LogP contribution in [0.15, 0.2) is 83.9 Å². The summed E-state index contributed by atoms with van der Waals surface area (Å²) in [5, 5.41) is 6.86. The molecule has 35 heavy (non-hydrogen) atoms. The maximum Gasteiger partial charge on any atom is 0.255 e. The monoisotopic (exact) mass is 496 g/mol. The predicted octanol–water partition coefficient (Wildman–Crippen LogP) is 3.87. The van der Waals surface area contributed by atoms with Gasteiger partial charge in [-0.25, -0.2) is 26.6 Å². The average molecular weight is 497 g/mol. The molecule has 0 saturated heterocycles. The molecule has 2 N–H and O–H groups in total. The Balaban J connectivity index is 1.43. The van der Waals surface area contributed by atoms with Gasteiger partial charge in [-0.2, -0.15) is 5.10 Å². The number of para-hydroxylation sites is 1. The summed E-state index contributed by atoms with van der Waals surface area (Å²) < 4.78 is 56.6. The highest BCUT2D eigenvalue weighted by Crippen LogP contribution is 2.18.